The van der Waals surface area contributed by atoms with Crippen LogP contribution in [0.4, 0.5) is 0 Å². The summed E-state index contributed by atoms with van der Waals surface area (Å²) in [4.78, 5) is 4.57. The minimum atomic E-state index is -0.0384. The van der Waals surface area contributed by atoms with Crippen molar-refractivity contribution in [2.75, 3.05) is 40.0 Å². The van der Waals surface area contributed by atoms with Crippen molar-refractivity contribution < 1.29 is 19.7 Å². The van der Waals surface area contributed by atoms with E-state index in [1.807, 2.05) is 13.0 Å². The predicted molar refractivity (Wildman–Crippen MR) is 97.0 cm³/mol. The van der Waals surface area contributed by atoms with Crippen LogP contribution in [0.5, 0.6) is 11.5 Å². The number of hydrogen-bond donors (Lipinski definition) is 4. The zero-order valence-electron chi connectivity index (χ0n) is 15.0. The maximum Gasteiger partial charge on any atom is 0.191 e. The van der Waals surface area contributed by atoms with Crippen LogP contribution in [0.2, 0.25) is 0 Å². The van der Waals surface area contributed by atoms with Gasteiger partial charge in [0.2, 0.25) is 0 Å². The second-order valence-electron chi connectivity index (χ2n) is 6.33. The lowest BCUT2D eigenvalue weighted by atomic mass is 9.84. The van der Waals surface area contributed by atoms with Crippen LogP contribution in [0.3, 0.4) is 0 Å². The first-order valence-electron chi connectivity index (χ1n) is 8.69. The average molecular weight is 351 g/mol. The summed E-state index contributed by atoms with van der Waals surface area (Å²) in [5.74, 6) is 1.27. The predicted octanol–water partition coefficient (Wildman–Crippen LogP) is 1.25. The van der Waals surface area contributed by atoms with E-state index in [1.54, 1.807) is 12.1 Å². The van der Waals surface area contributed by atoms with Crippen LogP contribution < -0.4 is 15.4 Å². The van der Waals surface area contributed by atoms with Gasteiger partial charge < -0.3 is 30.3 Å². The number of aromatic hydroxyl groups is 1. The Morgan fingerprint density at radius 3 is 2.84 bits per heavy atom. The van der Waals surface area contributed by atoms with Gasteiger partial charge in [-0.3, -0.25) is 0 Å². The monoisotopic (exact) mass is 351 g/mol. The third-order valence-electron chi connectivity index (χ3n) is 4.47. The Morgan fingerprint density at radius 2 is 2.24 bits per heavy atom. The number of hydrogen-bond acceptors (Lipinski definition) is 5. The van der Waals surface area contributed by atoms with Gasteiger partial charge in [-0.15, -0.1) is 0 Å². The van der Waals surface area contributed by atoms with E-state index in [-0.39, 0.29) is 17.8 Å². The van der Waals surface area contributed by atoms with Gasteiger partial charge in [0.15, 0.2) is 17.5 Å². The Morgan fingerprint density at radius 1 is 1.40 bits per heavy atom. The van der Waals surface area contributed by atoms with Gasteiger partial charge in [-0.05, 0) is 37.5 Å². The van der Waals surface area contributed by atoms with E-state index < -0.39 is 0 Å². The first-order chi connectivity index (χ1) is 12.1. The van der Waals surface area contributed by atoms with Crippen LogP contribution in [-0.2, 0) is 11.3 Å². The molecule has 0 radical (unpaired) electrons. The van der Waals surface area contributed by atoms with E-state index >= 15 is 0 Å². The van der Waals surface area contributed by atoms with Gasteiger partial charge in [-0.2, -0.15) is 0 Å². The summed E-state index contributed by atoms with van der Waals surface area (Å²) in [5.41, 5.74) is 0.855. The Balaban J connectivity index is 1.99. The highest BCUT2D eigenvalue weighted by Gasteiger charge is 2.34. The van der Waals surface area contributed by atoms with Gasteiger partial charge in [0, 0.05) is 31.7 Å². The number of guanidine groups is 1. The molecule has 7 heteroatoms. The number of nitrogens with one attached hydrogen (secondary N) is 2. The summed E-state index contributed by atoms with van der Waals surface area (Å²) in [6.07, 6.45) is 1.65. The van der Waals surface area contributed by atoms with Crippen molar-refractivity contribution in [1.29, 1.82) is 0 Å². The van der Waals surface area contributed by atoms with Crippen LogP contribution >= 0.6 is 0 Å². The molecular weight excluding hydrogens is 322 g/mol. The van der Waals surface area contributed by atoms with Crippen molar-refractivity contribution in [2.45, 2.75) is 26.3 Å². The Kier molecular flexibility index (Phi) is 7.33. The number of benzene rings is 1. The van der Waals surface area contributed by atoms with Gasteiger partial charge in [0.05, 0.1) is 20.3 Å². The molecule has 25 heavy (non-hydrogen) atoms. The average Bonchev–Trinajstić information content (AvgIpc) is 3.07. The first kappa shape index (κ1) is 19.3. The van der Waals surface area contributed by atoms with E-state index in [0.717, 1.165) is 25.1 Å². The summed E-state index contributed by atoms with van der Waals surface area (Å²) in [5, 5.41) is 25.8. The van der Waals surface area contributed by atoms with Crippen molar-refractivity contribution >= 4 is 5.96 Å². The SMILES string of the molecule is CCNC(=NCc1ccc(OC)c(O)c1)NCC1(CCO)CCOC1. The van der Waals surface area contributed by atoms with E-state index in [4.69, 9.17) is 9.47 Å². The molecule has 0 spiro atoms. The van der Waals surface area contributed by atoms with Gasteiger partial charge in [-0.25, -0.2) is 4.99 Å². The first-order valence-corrected chi connectivity index (χ1v) is 8.69. The molecule has 1 aliphatic heterocycles. The van der Waals surface area contributed by atoms with Crippen molar-refractivity contribution in [3.05, 3.63) is 23.8 Å². The molecule has 1 heterocycles. The highest BCUT2D eigenvalue weighted by Crippen LogP contribution is 2.31. The van der Waals surface area contributed by atoms with Gasteiger partial charge in [0.1, 0.15) is 0 Å². The molecule has 0 aromatic heterocycles. The molecule has 0 saturated carbocycles. The van der Waals surface area contributed by atoms with Gasteiger partial charge in [0.25, 0.3) is 0 Å². The molecule has 0 bridgehead atoms. The molecule has 2 rings (SSSR count). The van der Waals surface area contributed by atoms with Crippen molar-refractivity contribution in [1.82, 2.24) is 10.6 Å². The Bertz CT molecular complexity index is 571. The zero-order chi connectivity index (χ0) is 18.1. The fraction of sp³-hybridized carbons (Fsp3) is 0.611. The molecule has 1 atom stereocenters. The molecule has 7 nitrogen and oxygen atoms in total. The van der Waals surface area contributed by atoms with Crippen LogP contribution in [0.1, 0.15) is 25.3 Å². The topological polar surface area (TPSA) is 95.3 Å². The van der Waals surface area contributed by atoms with E-state index in [0.29, 0.717) is 37.8 Å². The van der Waals surface area contributed by atoms with E-state index in [9.17, 15) is 10.2 Å². The number of aliphatic hydroxyl groups excluding tert-OH is 1. The fourth-order valence-electron chi connectivity index (χ4n) is 2.93. The number of phenols is 1. The third-order valence-corrected chi connectivity index (χ3v) is 4.47. The minimum absolute atomic E-state index is 0.0384. The van der Waals surface area contributed by atoms with Crippen LogP contribution in [0.25, 0.3) is 0 Å². The lowest BCUT2D eigenvalue weighted by Gasteiger charge is -2.27. The summed E-state index contributed by atoms with van der Waals surface area (Å²) in [6, 6.07) is 5.26. The third kappa shape index (κ3) is 5.51. The van der Waals surface area contributed by atoms with E-state index in [1.165, 1.54) is 7.11 Å². The highest BCUT2D eigenvalue weighted by molar-refractivity contribution is 5.79. The van der Waals surface area contributed by atoms with Crippen LogP contribution in [0, 0.1) is 5.41 Å². The summed E-state index contributed by atoms with van der Waals surface area (Å²) < 4.78 is 10.6. The Labute approximate surface area is 149 Å². The molecular formula is C18H29N3O4. The number of methoxy groups -OCH3 is 1. The molecule has 1 aliphatic rings. The smallest absolute Gasteiger partial charge is 0.191 e. The molecule has 0 aliphatic carbocycles. The summed E-state index contributed by atoms with van der Waals surface area (Å²) in [6.45, 7) is 5.46. The summed E-state index contributed by atoms with van der Waals surface area (Å²) >= 11 is 0. The fourth-order valence-corrected chi connectivity index (χ4v) is 2.93. The molecule has 1 aromatic carbocycles. The Hall–Kier alpha value is -1.99. The van der Waals surface area contributed by atoms with Crippen molar-refractivity contribution in [2.24, 2.45) is 10.4 Å². The summed E-state index contributed by atoms with van der Waals surface area (Å²) in [7, 11) is 1.52. The maximum absolute atomic E-state index is 9.86. The number of nitrogens with zero attached hydrogens (tertiary/aromatic N) is 1. The molecule has 4 N–H and O–H groups in total. The molecule has 0 amide bonds. The quantitative estimate of drug-likeness (QED) is 0.416. The number of phenolic OH excluding ortho intramolecular Hbond substituents is 1. The highest BCUT2D eigenvalue weighted by atomic mass is 16.5. The molecule has 1 saturated heterocycles. The molecule has 1 aromatic rings. The molecule has 140 valence electrons. The molecule has 1 fully saturated rings. The minimum Gasteiger partial charge on any atom is -0.504 e. The van der Waals surface area contributed by atoms with Gasteiger partial charge in [-0.1, -0.05) is 6.07 Å². The van der Waals surface area contributed by atoms with Crippen LogP contribution in [0.15, 0.2) is 23.2 Å². The number of aliphatic imine (C=N–C) groups is 1. The lowest BCUT2D eigenvalue weighted by molar-refractivity contribution is 0.127. The zero-order valence-corrected chi connectivity index (χ0v) is 15.0. The van der Waals surface area contributed by atoms with Crippen molar-refractivity contribution in [3.8, 4) is 11.5 Å². The standard InChI is InChI=1S/C18H29N3O4/c1-3-19-17(21-12-18(6-8-22)7-9-25-13-18)20-11-14-4-5-16(24-2)15(23)10-14/h4-5,10,22-23H,3,6-9,11-13H2,1-2H3,(H2,19,20,21). The second kappa shape index (κ2) is 9.48. The maximum atomic E-state index is 9.86. The second-order valence-corrected chi connectivity index (χ2v) is 6.33. The van der Waals surface area contributed by atoms with E-state index in [2.05, 4.69) is 15.6 Å². The number of ether oxygens (including phenoxy) is 2. The van der Waals surface area contributed by atoms with Crippen LogP contribution in [-0.4, -0.2) is 56.2 Å². The number of aliphatic hydroxyl groups is 1. The molecule has 1 unspecified atom stereocenters. The number of rotatable bonds is 8. The lowest BCUT2D eigenvalue weighted by Crippen LogP contribution is -2.44. The van der Waals surface area contributed by atoms with Gasteiger partial charge >= 0.3 is 0 Å². The van der Waals surface area contributed by atoms with Crippen molar-refractivity contribution in [3.63, 3.8) is 0 Å². The largest absolute Gasteiger partial charge is 0.504 e. The normalized spacial score (nSPS) is 20.5.